The summed E-state index contributed by atoms with van der Waals surface area (Å²) in [6.07, 6.45) is 1.73. The Labute approximate surface area is 81.8 Å². The Morgan fingerprint density at radius 2 is 1.92 bits per heavy atom. The average molecular weight is 193 g/mol. The number of para-hydroxylation sites is 1. The highest BCUT2D eigenvalue weighted by atomic mass is 35.5. The highest BCUT2D eigenvalue weighted by molar-refractivity contribution is 6.30. The van der Waals surface area contributed by atoms with Crippen LogP contribution in [0.3, 0.4) is 0 Å². The summed E-state index contributed by atoms with van der Waals surface area (Å²) in [5.74, 6) is 0. The van der Waals surface area contributed by atoms with Gasteiger partial charge >= 0.3 is 0 Å². The lowest BCUT2D eigenvalue weighted by Gasteiger charge is -2.03. The molecule has 1 aromatic heterocycles. The van der Waals surface area contributed by atoms with E-state index in [4.69, 9.17) is 11.6 Å². The van der Waals surface area contributed by atoms with Crippen LogP contribution in [-0.2, 0) is 0 Å². The first-order chi connectivity index (χ1) is 6.29. The van der Waals surface area contributed by atoms with Gasteiger partial charge in [0.05, 0.1) is 5.69 Å². The van der Waals surface area contributed by atoms with Gasteiger partial charge in [-0.3, -0.25) is 0 Å². The van der Waals surface area contributed by atoms with Crippen molar-refractivity contribution in [1.29, 1.82) is 0 Å². The summed E-state index contributed by atoms with van der Waals surface area (Å²) in [6.45, 7) is 1.95. The van der Waals surface area contributed by atoms with Gasteiger partial charge in [-0.05, 0) is 19.1 Å². The standard InChI is InChI=1S/C10H9ClN2/c1-8-10(11)12-7-13(8)9-5-3-2-4-6-9/h2-7H,1H3. The molecule has 2 nitrogen and oxygen atoms in total. The molecular formula is C10H9ClN2. The Bertz CT molecular complexity index is 406. The molecule has 0 atom stereocenters. The summed E-state index contributed by atoms with van der Waals surface area (Å²) in [5.41, 5.74) is 2.05. The van der Waals surface area contributed by atoms with Crippen LogP contribution in [-0.4, -0.2) is 9.55 Å². The Kier molecular flexibility index (Phi) is 2.07. The van der Waals surface area contributed by atoms with Gasteiger partial charge in [0.1, 0.15) is 11.5 Å². The molecule has 66 valence electrons. The van der Waals surface area contributed by atoms with Crippen molar-refractivity contribution in [3.05, 3.63) is 47.5 Å². The summed E-state index contributed by atoms with van der Waals surface area (Å²) >= 11 is 5.85. The SMILES string of the molecule is Cc1c(Cl)ncn1-c1ccccc1. The van der Waals surface area contributed by atoms with E-state index in [2.05, 4.69) is 4.98 Å². The van der Waals surface area contributed by atoms with Gasteiger partial charge in [-0.2, -0.15) is 0 Å². The van der Waals surface area contributed by atoms with E-state index in [1.807, 2.05) is 41.8 Å². The Hall–Kier alpha value is -1.28. The van der Waals surface area contributed by atoms with E-state index in [9.17, 15) is 0 Å². The number of hydrogen-bond donors (Lipinski definition) is 0. The third-order valence-electron chi connectivity index (χ3n) is 1.98. The van der Waals surface area contributed by atoms with E-state index in [1.54, 1.807) is 6.33 Å². The van der Waals surface area contributed by atoms with Crippen LogP contribution in [0.1, 0.15) is 5.69 Å². The van der Waals surface area contributed by atoms with Gasteiger partial charge in [0.2, 0.25) is 0 Å². The van der Waals surface area contributed by atoms with Crippen molar-refractivity contribution in [2.24, 2.45) is 0 Å². The molecule has 1 heterocycles. The molecule has 0 aliphatic carbocycles. The third-order valence-corrected chi connectivity index (χ3v) is 2.35. The van der Waals surface area contributed by atoms with E-state index < -0.39 is 0 Å². The van der Waals surface area contributed by atoms with E-state index in [1.165, 1.54) is 0 Å². The van der Waals surface area contributed by atoms with Crippen molar-refractivity contribution in [3.8, 4) is 5.69 Å². The first-order valence-electron chi connectivity index (χ1n) is 4.04. The number of halogens is 1. The first-order valence-corrected chi connectivity index (χ1v) is 4.41. The number of hydrogen-bond acceptors (Lipinski definition) is 1. The molecule has 0 amide bonds. The smallest absolute Gasteiger partial charge is 0.150 e. The van der Waals surface area contributed by atoms with Crippen molar-refractivity contribution in [2.45, 2.75) is 6.92 Å². The molecule has 0 bridgehead atoms. The van der Waals surface area contributed by atoms with Gasteiger partial charge in [0.25, 0.3) is 0 Å². The van der Waals surface area contributed by atoms with E-state index >= 15 is 0 Å². The van der Waals surface area contributed by atoms with Gasteiger partial charge < -0.3 is 4.57 Å². The average Bonchev–Trinajstić information content (AvgIpc) is 2.49. The third kappa shape index (κ3) is 1.45. The molecule has 0 aliphatic heterocycles. The summed E-state index contributed by atoms with van der Waals surface area (Å²) in [5, 5.41) is 0.559. The normalized spacial score (nSPS) is 10.3. The van der Waals surface area contributed by atoms with Crippen LogP contribution >= 0.6 is 11.6 Å². The molecule has 1 aromatic carbocycles. The predicted octanol–water partition coefficient (Wildman–Crippen LogP) is 2.83. The van der Waals surface area contributed by atoms with Gasteiger partial charge in [0.15, 0.2) is 0 Å². The summed E-state index contributed by atoms with van der Waals surface area (Å²) in [6, 6.07) is 10.00. The molecular weight excluding hydrogens is 184 g/mol. The second-order valence-electron chi connectivity index (χ2n) is 2.83. The quantitative estimate of drug-likeness (QED) is 0.680. The number of imidazole rings is 1. The second-order valence-corrected chi connectivity index (χ2v) is 3.18. The zero-order valence-corrected chi connectivity index (χ0v) is 7.99. The fraction of sp³-hybridized carbons (Fsp3) is 0.100. The number of aromatic nitrogens is 2. The summed E-state index contributed by atoms with van der Waals surface area (Å²) in [4.78, 5) is 4.02. The molecule has 3 heteroatoms. The van der Waals surface area contributed by atoms with Crippen LogP contribution in [0.25, 0.3) is 5.69 Å². The lowest BCUT2D eigenvalue weighted by Crippen LogP contribution is -1.93. The van der Waals surface area contributed by atoms with Crippen LogP contribution in [0.5, 0.6) is 0 Å². The monoisotopic (exact) mass is 192 g/mol. The molecule has 0 unspecified atom stereocenters. The van der Waals surface area contributed by atoms with Crippen LogP contribution in [0.15, 0.2) is 36.7 Å². The van der Waals surface area contributed by atoms with Crippen molar-refractivity contribution in [1.82, 2.24) is 9.55 Å². The molecule has 0 aliphatic rings. The minimum atomic E-state index is 0.559. The van der Waals surface area contributed by atoms with E-state index in [-0.39, 0.29) is 0 Å². The highest BCUT2D eigenvalue weighted by Gasteiger charge is 2.03. The largest absolute Gasteiger partial charge is 0.302 e. The molecule has 0 spiro atoms. The first kappa shape index (κ1) is 8.32. The van der Waals surface area contributed by atoms with Crippen LogP contribution in [0, 0.1) is 6.92 Å². The maximum atomic E-state index is 5.85. The van der Waals surface area contributed by atoms with E-state index in [0.717, 1.165) is 11.4 Å². The lowest BCUT2D eigenvalue weighted by molar-refractivity contribution is 1.00. The summed E-state index contributed by atoms with van der Waals surface area (Å²) in [7, 11) is 0. The van der Waals surface area contributed by atoms with Gasteiger partial charge in [-0.1, -0.05) is 29.8 Å². The lowest BCUT2D eigenvalue weighted by atomic mass is 10.3. The van der Waals surface area contributed by atoms with Crippen molar-refractivity contribution in [2.75, 3.05) is 0 Å². The van der Waals surface area contributed by atoms with Gasteiger partial charge in [0, 0.05) is 5.69 Å². The zero-order chi connectivity index (χ0) is 9.26. The van der Waals surface area contributed by atoms with Gasteiger partial charge in [-0.25, -0.2) is 4.98 Å². The van der Waals surface area contributed by atoms with Crippen molar-refractivity contribution >= 4 is 11.6 Å². The van der Waals surface area contributed by atoms with Crippen LogP contribution in [0.4, 0.5) is 0 Å². The maximum absolute atomic E-state index is 5.85. The Balaban J connectivity index is 2.53. The van der Waals surface area contributed by atoms with E-state index in [0.29, 0.717) is 5.15 Å². The molecule has 0 fully saturated rings. The molecule has 13 heavy (non-hydrogen) atoms. The number of nitrogens with zero attached hydrogens (tertiary/aromatic N) is 2. The zero-order valence-electron chi connectivity index (χ0n) is 7.24. The minimum absolute atomic E-state index is 0.559. The Morgan fingerprint density at radius 3 is 2.46 bits per heavy atom. The molecule has 0 saturated heterocycles. The predicted molar refractivity (Wildman–Crippen MR) is 53.3 cm³/mol. The molecule has 2 rings (SSSR count). The number of benzene rings is 1. The molecule has 0 radical (unpaired) electrons. The Morgan fingerprint density at radius 1 is 1.23 bits per heavy atom. The van der Waals surface area contributed by atoms with Crippen LogP contribution < -0.4 is 0 Å². The summed E-state index contributed by atoms with van der Waals surface area (Å²) < 4.78 is 1.96. The molecule has 2 aromatic rings. The second kappa shape index (κ2) is 3.23. The fourth-order valence-corrected chi connectivity index (χ4v) is 1.37. The fourth-order valence-electron chi connectivity index (χ4n) is 1.24. The van der Waals surface area contributed by atoms with Crippen molar-refractivity contribution < 1.29 is 0 Å². The minimum Gasteiger partial charge on any atom is -0.302 e. The van der Waals surface area contributed by atoms with Crippen LogP contribution in [0.2, 0.25) is 5.15 Å². The topological polar surface area (TPSA) is 17.8 Å². The molecule has 0 N–H and O–H groups in total. The highest BCUT2D eigenvalue weighted by Crippen LogP contribution is 2.16. The molecule has 0 saturated carbocycles. The van der Waals surface area contributed by atoms with Gasteiger partial charge in [-0.15, -0.1) is 0 Å². The van der Waals surface area contributed by atoms with Crippen molar-refractivity contribution in [3.63, 3.8) is 0 Å². The maximum Gasteiger partial charge on any atom is 0.150 e. The number of rotatable bonds is 1.